The van der Waals surface area contributed by atoms with E-state index < -0.39 is 4.33 Å². The van der Waals surface area contributed by atoms with Gasteiger partial charge in [-0.2, -0.15) is 0 Å². The van der Waals surface area contributed by atoms with Crippen LogP contribution >= 0.6 is 23.2 Å². The van der Waals surface area contributed by atoms with Gasteiger partial charge in [-0.1, -0.05) is 0 Å². The minimum atomic E-state index is -0.627. The summed E-state index contributed by atoms with van der Waals surface area (Å²) in [5.41, 5.74) is 0. The molecule has 14 heavy (non-hydrogen) atoms. The summed E-state index contributed by atoms with van der Waals surface area (Å²) in [6.07, 6.45) is 2.28. The van der Waals surface area contributed by atoms with E-state index in [2.05, 4.69) is 10.3 Å². The number of aromatic nitrogens is 1. The van der Waals surface area contributed by atoms with Crippen LogP contribution in [0.4, 0.5) is 10.2 Å². The van der Waals surface area contributed by atoms with Crippen molar-refractivity contribution in [2.75, 3.05) is 11.9 Å². The monoisotopic (exact) mass is 234 g/mol. The van der Waals surface area contributed by atoms with Gasteiger partial charge in [0.1, 0.15) is 4.33 Å². The van der Waals surface area contributed by atoms with Crippen molar-refractivity contribution in [3.8, 4) is 0 Å². The average Bonchev–Trinajstić information content (AvgIpc) is 2.73. The minimum absolute atomic E-state index is 0.187. The van der Waals surface area contributed by atoms with Crippen molar-refractivity contribution in [1.29, 1.82) is 0 Å². The van der Waals surface area contributed by atoms with E-state index in [4.69, 9.17) is 23.2 Å². The summed E-state index contributed by atoms with van der Waals surface area (Å²) in [6, 6.07) is 2.90. The molecule has 1 fully saturated rings. The second-order valence-corrected chi connectivity index (χ2v) is 4.92. The summed E-state index contributed by atoms with van der Waals surface area (Å²) in [5.74, 6) is 0.0821. The van der Waals surface area contributed by atoms with Gasteiger partial charge in [0, 0.05) is 18.7 Å². The molecule has 1 aliphatic rings. The van der Waals surface area contributed by atoms with E-state index in [1.807, 2.05) is 0 Å². The lowest BCUT2D eigenvalue weighted by Gasteiger charge is -2.05. The molecule has 2 nitrogen and oxygen atoms in total. The number of alkyl halides is 2. The summed E-state index contributed by atoms with van der Waals surface area (Å²) >= 11 is 11.6. The predicted octanol–water partition coefficient (Wildman–Crippen LogP) is 2.83. The topological polar surface area (TPSA) is 24.9 Å². The van der Waals surface area contributed by atoms with Crippen molar-refractivity contribution in [3.63, 3.8) is 0 Å². The first kappa shape index (κ1) is 9.99. The first-order chi connectivity index (χ1) is 6.59. The molecule has 1 atom stereocenters. The van der Waals surface area contributed by atoms with E-state index in [0.717, 1.165) is 6.42 Å². The summed E-state index contributed by atoms with van der Waals surface area (Å²) < 4.78 is 12.4. The summed E-state index contributed by atoms with van der Waals surface area (Å²) in [5, 5.41) is 2.88. The van der Waals surface area contributed by atoms with Gasteiger partial charge in [0.2, 0.25) is 0 Å². The summed E-state index contributed by atoms with van der Waals surface area (Å²) in [6.45, 7) is 0.556. The normalized spacial score (nSPS) is 23.2. The van der Waals surface area contributed by atoms with Crippen LogP contribution in [0.3, 0.4) is 0 Å². The SMILES string of the molecule is Fc1cccnc1NCC1CC1(Cl)Cl. The highest BCUT2D eigenvalue weighted by atomic mass is 35.5. The van der Waals surface area contributed by atoms with Crippen LogP contribution in [0, 0.1) is 11.7 Å². The number of rotatable bonds is 3. The molecule has 76 valence electrons. The highest BCUT2D eigenvalue weighted by molar-refractivity contribution is 6.50. The molecule has 1 heterocycles. The van der Waals surface area contributed by atoms with E-state index in [1.54, 1.807) is 6.07 Å². The Kier molecular flexibility index (Phi) is 2.54. The number of pyridine rings is 1. The Hall–Kier alpha value is -0.540. The maximum Gasteiger partial charge on any atom is 0.165 e. The molecule has 1 aromatic heterocycles. The van der Waals surface area contributed by atoms with E-state index in [-0.39, 0.29) is 17.6 Å². The third-order valence-electron chi connectivity index (χ3n) is 2.23. The van der Waals surface area contributed by atoms with Gasteiger partial charge in [0.15, 0.2) is 11.6 Å². The molecule has 1 saturated carbocycles. The van der Waals surface area contributed by atoms with Crippen LogP contribution in [0.25, 0.3) is 0 Å². The second-order valence-electron chi connectivity index (χ2n) is 3.38. The van der Waals surface area contributed by atoms with Crippen LogP contribution in [0.5, 0.6) is 0 Å². The number of nitrogens with zero attached hydrogens (tertiary/aromatic N) is 1. The second kappa shape index (κ2) is 3.55. The van der Waals surface area contributed by atoms with Gasteiger partial charge >= 0.3 is 0 Å². The summed E-state index contributed by atoms with van der Waals surface area (Å²) in [4.78, 5) is 3.85. The Bertz CT molecular complexity index is 343. The van der Waals surface area contributed by atoms with Crippen LogP contribution in [-0.2, 0) is 0 Å². The predicted molar refractivity (Wildman–Crippen MR) is 55.2 cm³/mol. The van der Waals surface area contributed by atoms with Crippen LogP contribution < -0.4 is 5.32 Å². The van der Waals surface area contributed by atoms with Gasteiger partial charge in [0.25, 0.3) is 0 Å². The Balaban J connectivity index is 1.90. The van der Waals surface area contributed by atoms with Crippen molar-refractivity contribution in [2.24, 2.45) is 5.92 Å². The molecule has 0 bridgehead atoms. The fourth-order valence-electron chi connectivity index (χ4n) is 1.23. The standard InChI is InChI=1S/C9H9Cl2FN2/c10-9(11)4-6(9)5-14-8-7(12)2-1-3-13-8/h1-3,6H,4-5H2,(H,13,14). The molecule has 0 saturated heterocycles. The van der Waals surface area contributed by atoms with Gasteiger partial charge < -0.3 is 5.32 Å². The van der Waals surface area contributed by atoms with Gasteiger partial charge in [0.05, 0.1) is 0 Å². The third kappa shape index (κ3) is 2.10. The first-order valence-corrected chi connectivity index (χ1v) is 5.07. The molecular weight excluding hydrogens is 226 g/mol. The van der Waals surface area contributed by atoms with E-state index in [1.165, 1.54) is 12.3 Å². The lowest BCUT2D eigenvalue weighted by Crippen LogP contribution is -2.09. The Labute approximate surface area is 91.4 Å². The highest BCUT2D eigenvalue weighted by Gasteiger charge is 2.51. The molecule has 0 amide bonds. The fourth-order valence-corrected chi connectivity index (χ4v) is 1.75. The molecule has 0 spiro atoms. The van der Waals surface area contributed by atoms with Crippen LogP contribution in [0.2, 0.25) is 0 Å². The largest absolute Gasteiger partial charge is 0.367 e. The van der Waals surface area contributed by atoms with E-state index >= 15 is 0 Å². The quantitative estimate of drug-likeness (QED) is 0.815. The Morgan fingerprint density at radius 2 is 2.36 bits per heavy atom. The van der Waals surface area contributed by atoms with Crippen molar-refractivity contribution in [1.82, 2.24) is 4.98 Å². The minimum Gasteiger partial charge on any atom is -0.367 e. The van der Waals surface area contributed by atoms with Gasteiger partial charge in [-0.05, 0) is 18.6 Å². The molecule has 0 aliphatic heterocycles. The molecular formula is C9H9Cl2FN2. The van der Waals surface area contributed by atoms with Crippen molar-refractivity contribution >= 4 is 29.0 Å². The molecule has 1 aliphatic carbocycles. The summed E-state index contributed by atoms with van der Waals surface area (Å²) in [7, 11) is 0. The van der Waals surface area contributed by atoms with Crippen molar-refractivity contribution in [2.45, 2.75) is 10.8 Å². The van der Waals surface area contributed by atoms with Crippen molar-refractivity contribution < 1.29 is 4.39 Å². The molecule has 2 rings (SSSR count). The fraction of sp³-hybridized carbons (Fsp3) is 0.444. The maximum absolute atomic E-state index is 13.1. The molecule has 1 unspecified atom stereocenters. The third-order valence-corrected chi connectivity index (χ3v) is 3.16. The van der Waals surface area contributed by atoms with Crippen LogP contribution in [0.15, 0.2) is 18.3 Å². The lowest BCUT2D eigenvalue weighted by atomic mass is 10.4. The lowest BCUT2D eigenvalue weighted by molar-refractivity contribution is 0.623. The maximum atomic E-state index is 13.1. The molecule has 0 radical (unpaired) electrons. The number of hydrogen-bond acceptors (Lipinski definition) is 2. The number of anilines is 1. The Morgan fingerprint density at radius 3 is 2.93 bits per heavy atom. The molecule has 5 heteroatoms. The zero-order chi connectivity index (χ0) is 10.2. The van der Waals surface area contributed by atoms with Crippen LogP contribution in [0.1, 0.15) is 6.42 Å². The number of nitrogens with one attached hydrogen (secondary N) is 1. The average molecular weight is 235 g/mol. The molecule has 1 aromatic rings. The highest BCUT2D eigenvalue weighted by Crippen LogP contribution is 2.52. The van der Waals surface area contributed by atoms with Crippen LogP contribution in [-0.4, -0.2) is 15.9 Å². The molecule has 1 N–H and O–H groups in total. The number of halogens is 3. The zero-order valence-corrected chi connectivity index (χ0v) is 8.82. The number of hydrogen-bond donors (Lipinski definition) is 1. The van der Waals surface area contributed by atoms with E-state index in [9.17, 15) is 4.39 Å². The smallest absolute Gasteiger partial charge is 0.165 e. The van der Waals surface area contributed by atoms with Crippen molar-refractivity contribution in [3.05, 3.63) is 24.1 Å². The molecule has 0 aromatic carbocycles. The zero-order valence-electron chi connectivity index (χ0n) is 7.30. The Morgan fingerprint density at radius 1 is 1.64 bits per heavy atom. The van der Waals surface area contributed by atoms with Gasteiger partial charge in [-0.25, -0.2) is 9.37 Å². The van der Waals surface area contributed by atoms with Gasteiger partial charge in [-0.15, -0.1) is 23.2 Å². The van der Waals surface area contributed by atoms with E-state index in [0.29, 0.717) is 6.54 Å². The van der Waals surface area contributed by atoms with Gasteiger partial charge in [-0.3, -0.25) is 0 Å². The first-order valence-electron chi connectivity index (χ1n) is 4.32.